The number of nitrogens with two attached hydrogens (primary N) is 1. The molecular weight excluding hydrogens is 268 g/mol. The highest BCUT2D eigenvalue weighted by molar-refractivity contribution is 9.10. The fraction of sp³-hybridized carbons (Fsp3) is 0.200. The third-order valence-electron chi connectivity index (χ3n) is 1.79. The van der Waals surface area contributed by atoms with Gasteiger partial charge in [0.25, 0.3) is 0 Å². The van der Waals surface area contributed by atoms with Crippen LogP contribution < -0.4 is 5.73 Å². The Morgan fingerprint density at radius 1 is 1.57 bits per heavy atom. The first-order chi connectivity index (χ1) is 6.16. The van der Waals surface area contributed by atoms with E-state index in [1.807, 2.05) is 0 Å². The van der Waals surface area contributed by atoms with E-state index in [0.29, 0.717) is 16.5 Å². The van der Waals surface area contributed by atoms with Gasteiger partial charge in [0.15, 0.2) is 0 Å². The van der Waals surface area contributed by atoms with Gasteiger partial charge in [-0.1, -0.05) is 28.1 Å². The van der Waals surface area contributed by atoms with Gasteiger partial charge in [0.1, 0.15) is 5.82 Å². The van der Waals surface area contributed by atoms with Gasteiger partial charge in [-0.2, -0.15) is 0 Å². The summed E-state index contributed by atoms with van der Waals surface area (Å²) in [7, 11) is 0. The molecule has 4 heteroatoms. The summed E-state index contributed by atoms with van der Waals surface area (Å²) in [5, 5.41) is 0. The Balaban J connectivity index is 0.00000169. The van der Waals surface area contributed by atoms with Crippen LogP contribution in [0.5, 0.6) is 0 Å². The summed E-state index contributed by atoms with van der Waals surface area (Å²) in [6, 6.07) is 4.50. The predicted octanol–water partition coefficient (Wildman–Crippen LogP) is 3.59. The molecule has 0 aliphatic carbocycles. The van der Waals surface area contributed by atoms with Crippen LogP contribution >= 0.6 is 28.3 Å². The summed E-state index contributed by atoms with van der Waals surface area (Å²) in [6.07, 6.45) is 2.25. The molecule has 1 atom stereocenters. The molecule has 0 saturated heterocycles. The maximum atomic E-state index is 13.3. The normalized spacial score (nSPS) is 11.6. The fourth-order valence-electron chi connectivity index (χ4n) is 1.16. The highest BCUT2D eigenvalue weighted by Crippen LogP contribution is 2.26. The van der Waals surface area contributed by atoms with E-state index in [9.17, 15) is 4.39 Å². The Hall–Kier alpha value is -0.380. The minimum atomic E-state index is -0.326. The molecule has 0 spiro atoms. The van der Waals surface area contributed by atoms with E-state index >= 15 is 0 Å². The van der Waals surface area contributed by atoms with E-state index in [1.54, 1.807) is 18.2 Å². The van der Waals surface area contributed by atoms with Crippen LogP contribution in [0, 0.1) is 5.82 Å². The van der Waals surface area contributed by atoms with Crippen molar-refractivity contribution in [1.29, 1.82) is 0 Å². The fourth-order valence-corrected chi connectivity index (χ4v) is 1.80. The van der Waals surface area contributed by atoms with Gasteiger partial charge in [-0.3, -0.25) is 0 Å². The van der Waals surface area contributed by atoms with Crippen molar-refractivity contribution in [3.05, 3.63) is 46.7 Å². The second kappa shape index (κ2) is 6.17. The molecule has 0 bridgehead atoms. The smallest absolute Gasteiger partial charge is 0.129 e. The molecule has 0 aliphatic rings. The van der Waals surface area contributed by atoms with E-state index < -0.39 is 0 Å². The van der Waals surface area contributed by atoms with Crippen molar-refractivity contribution in [2.75, 3.05) is 0 Å². The monoisotopic (exact) mass is 279 g/mol. The lowest BCUT2D eigenvalue weighted by Crippen LogP contribution is -2.11. The van der Waals surface area contributed by atoms with E-state index in [1.165, 1.54) is 6.07 Å². The highest BCUT2D eigenvalue weighted by Gasteiger charge is 2.12. The topological polar surface area (TPSA) is 26.0 Å². The Morgan fingerprint density at radius 2 is 2.21 bits per heavy atom. The second-order valence-corrected chi connectivity index (χ2v) is 3.62. The van der Waals surface area contributed by atoms with Gasteiger partial charge in [0.2, 0.25) is 0 Å². The number of halogens is 3. The lowest BCUT2D eigenvalue weighted by atomic mass is 10.0. The largest absolute Gasteiger partial charge is 0.324 e. The second-order valence-electron chi connectivity index (χ2n) is 2.77. The zero-order chi connectivity index (χ0) is 9.84. The van der Waals surface area contributed by atoms with Crippen molar-refractivity contribution in [3.63, 3.8) is 0 Å². The highest BCUT2D eigenvalue weighted by atomic mass is 79.9. The van der Waals surface area contributed by atoms with Gasteiger partial charge in [0.05, 0.1) is 0 Å². The summed E-state index contributed by atoms with van der Waals surface area (Å²) in [5.74, 6) is -0.274. The van der Waals surface area contributed by atoms with Crippen molar-refractivity contribution in [1.82, 2.24) is 0 Å². The Kier molecular flexibility index (Phi) is 6.00. The summed E-state index contributed by atoms with van der Waals surface area (Å²) in [5.41, 5.74) is 6.28. The molecule has 14 heavy (non-hydrogen) atoms. The number of hydrogen-bond donors (Lipinski definition) is 1. The molecule has 78 valence electrons. The zero-order valence-corrected chi connectivity index (χ0v) is 9.94. The van der Waals surface area contributed by atoms with Gasteiger partial charge < -0.3 is 5.73 Å². The molecule has 1 nitrogen and oxygen atoms in total. The maximum Gasteiger partial charge on any atom is 0.129 e. The van der Waals surface area contributed by atoms with Crippen LogP contribution in [0.1, 0.15) is 18.0 Å². The first-order valence-corrected chi connectivity index (χ1v) is 4.76. The molecule has 1 rings (SSSR count). The molecule has 2 N–H and O–H groups in total. The van der Waals surface area contributed by atoms with Crippen LogP contribution in [-0.2, 0) is 0 Å². The number of hydrogen-bond acceptors (Lipinski definition) is 1. The zero-order valence-electron chi connectivity index (χ0n) is 7.54. The molecule has 0 aromatic heterocycles. The van der Waals surface area contributed by atoms with Crippen LogP contribution in [0.4, 0.5) is 4.39 Å². The van der Waals surface area contributed by atoms with Crippen molar-refractivity contribution in [3.8, 4) is 0 Å². The average Bonchev–Trinajstić information content (AvgIpc) is 2.04. The van der Waals surface area contributed by atoms with E-state index in [-0.39, 0.29) is 24.3 Å². The molecule has 0 radical (unpaired) electrons. The lowest BCUT2D eigenvalue weighted by molar-refractivity contribution is 0.581. The lowest BCUT2D eigenvalue weighted by Gasteiger charge is -2.12. The third kappa shape index (κ3) is 3.08. The van der Waals surface area contributed by atoms with Crippen molar-refractivity contribution in [2.45, 2.75) is 12.5 Å². The molecule has 0 heterocycles. The Bertz CT molecular complexity index is 297. The predicted molar refractivity (Wildman–Crippen MR) is 63.1 cm³/mol. The van der Waals surface area contributed by atoms with Crippen molar-refractivity contribution < 1.29 is 4.39 Å². The van der Waals surface area contributed by atoms with Crippen LogP contribution in [-0.4, -0.2) is 0 Å². The van der Waals surface area contributed by atoms with Gasteiger partial charge in [0, 0.05) is 16.1 Å². The summed E-state index contributed by atoms with van der Waals surface area (Å²) in [6.45, 7) is 3.57. The van der Waals surface area contributed by atoms with Gasteiger partial charge in [-0.15, -0.1) is 19.0 Å². The molecule has 1 aromatic carbocycles. The Labute approximate surface area is 97.7 Å². The van der Waals surface area contributed by atoms with Crippen LogP contribution in [0.2, 0.25) is 0 Å². The van der Waals surface area contributed by atoms with Crippen LogP contribution in [0.3, 0.4) is 0 Å². The maximum absolute atomic E-state index is 13.3. The standard InChI is InChI=1S/C10H11BrFN.ClH/c1-2-4-9(13)10-7(11)5-3-6-8(10)12;/h2-3,5-6,9H,1,4,13H2;1H/t9-;/m1./s1. The first-order valence-electron chi connectivity index (χ1n) is 3.97. The number of benzene rings is 1. The van der Waals surface area contributed by atoms with Gasteiger partial charge in [-0.05, 0) is 18.6 Å². The molecule has 0 saturated carbocycles. The van der Waals surface area contributed by atoms with Crippen molar-refractivity contribution >= 4 is 28.3 Å². The molecule has 0 unspecified atom stereocenters. The summed E-state index contributed by atoms with van der Waals surface area (Å²) >= 11 is 3.26. The average molecular weight is 281 g/mol. The van der Waals surface area contributed by atoms with Crippen LogP contribution in [0.25, 0.3) is 0 Å². The number of rotatable bonds is 3. The summed E-state index contributed by atoms with van der Waals surface area (Å²) in [4.78, 5) is 0. The molecule has 0 aliphatic heterocycles. The minimum Gasteiger partial charge on any atom is -0.324 e. The first kappa shape index (κ1) is 13.6. The summed E-state index contributed by atoms with van der Waals surface area (Å²) < 4.78 is 14.0. The van der Waals surface area contributed by atoms with E-state index in [0.717, 1.165) is 0 Å². The van der Waals surface area contributed by atoms with Crippen LogP contribution in [0.15, 0.2) is 35.3 Å². The molecule has 1 aromatic rings. The molecular formula is C10H12BrClFN. The van der Waals surface area contributed by atoms with E-state index in [2.05, 4.69) is 22.5 Å². The SMILES string of the molecule is C=CC[C@@H](N)c1c(F)cccc1Br.Cl. The molecule has 0 fully saturated rings. The van der Waals surface area contributed by atoms with E-state index in [4.69, 9.17) is 5.73 Å². The molecule has 0 amide bonds. The van der Waals surface area contributed by atoms with Gasteiger partial charge in [-0.25, -0.2) is 4.39 Å². The Morgan fingerprint density at radius 3 is 2.71 bits per heavy atom. The van der Waals surface area contributed by atoms with Crippen molar-refractivity contribution in [2.24, 2.45) is 5.73 Å². The van der Waals surface area contributed by atoms with Gasteiger partial charge >= 0.3 is 0 Å². The third-order valence-corrected chi connectivity index (χ3v) is 2.48. The minimum absolute atomic E-state index is 0. The quantitative estimate of drug-likeness (QED) is 0.841.